The fourth-order valence-corrected chi connectivity index (χ4v) is 3.00. The van der Waals surface area contributed by atoms with E-state index < -0.39 is 6.04 Å². The summed E-state index contributed by atoms with van der Waals surface area (Å²) in [7, 11) is 1.58. The van der Waals surface area contributed by atoms with Crippen LogP contribution >= 0.6 is 11.6 Å². The average molecular weight is 373 g/mol. The molecule has 0 unspecified atom stereocenters. The van der Waals surface area contributed by atoms with E-state index in [9.17, 15) is 9.59 Å². The van der Waals surface area contributed by atoms with E-state index in [0.717, 1.165) is 16.7 Å². The number of benzene rings is 2. The molecule has 0 bridgehead atoms. The lowest BCUT2D eigenvalue weighted by Crippen LogP contribution is -2.46. The topological polar surface area (TPSA) is 49.4 Å². The standard InChI is InChI=1S/C21H25ClN2O2/c1-15-8-10-17(11-9-15)14-24(16(2)21(26)23-3)20(25)13-12-18-6-4-5-7-19(18)22/h4-11,16H,12-14H2,1-3H3,(H,23,26)/t16-/m1/s1. The maximum absolute atomic E-state index is 12.9. The molecule has 0 spiro atoms. The largest absolute Gasteiger partial charge is 0.357 e. The lowest BCUT2D eigenvalue weighted by atomic mass is 10.1. The number of rotatable bonds is 7. The Morgan fingerprint density at radius 3 is 2.38 bits per heavy atom. The number of carbonyl (C=O) groups is 2. The Bertz CT molecular complexity index is 759. The molecule has 0 heterocycles. The molecule has 26 heavy (non-hydrogen) atoms. The monoisotopic (exact) mass is 372 g/mol. The molecule has 0 aliphatic heterocycles. The summed E-state index contributed by atoms with van der Waals surface area (Å²) in [6.07, 6.45) is 0.848. The Labute approximate surface area is 160 Å². The van der Waals surface area contributed by atoms with Gasteiger partial charge in [-0.3, -0.25) is 9.59 Å². The Hall–Kier alpha value is -2.33. The number of halogens is 1. The van der Waals surface area contributed by atoms with Crippen molar-refractivity contribution in [2.75, 3.05) is 7.05 Å². The van der Waals surface area contributed by atoms with Crippen LogP contribution in [0.4, 0.5) is 0 Å². The highest BCUT2D eigenvalue weighted by Crippen LogP contribution is 2.18. The molecule has 0 fully saturated rings. The van der Waals surface area contributed by atoms with Gasteiger partial charge in [-0.25, -0.2) is 0 Å². The molecular weight excluding hydrogens is 348 g/mol. The summed E-state index contributed by atoms with van der Waals surface area (Å²) in [4.78, 5) is 26.6. The molecule has 2 aromatic carbocycles. The lowest BCUT2D eigenvalue weighted by molar-refractivity contribution is -0.140. The van der Waals surface area contributed by atoms with Gasteiger partial charge in [0.25, 0.3) is 0 Å². The van der Waals surface area contributed by atoms with E-state index >= 15 is 0 Å². The van der Waals surface area contributed by atoms with Crippen LogP contribution in [0.25, 0.3) is 0 Å². The SMILES string of the molecule is CNC(=O)[C@@H](C)N(Cc1ccc(C)cc1)C(=O)CCc1ccccc1Cl. The van der Waals surface area contributed by atoms with Crippen LogP contribution < -0.4 is 5.32 Å². The van der Waals surface area contributed by atoms with Crippen molar-refractivity contribution in [2.24, 2.45) is 0 Å². The van der Waals surface area contributed by atoms with Gasteiger partial charge in [0.05, 0.1) is 0 Å². The normalized spacial score (nSPS) is 11.7. The molecule has 2 aromatic rings. The van der Waals surface area contributed by atoms with Gasteiger partial charge < -0.3 is 10.2 Å². The molecule has 0 aromatic heterocycles. The highest BCUT2D eigenvalue weighted by molar-refractivity contribution is 6.31. The first-order chi connectivity index (χ1) is 12.4. The van der Waals surface area contributed by atoms with Crippen molar-refractivity contribution in [1.82, 2.24) is 10.2 Å². The van der Waals surface area contributed by atoms with Crippen molar-refractivity contribution < 1.29 is 9.59 Å². The van der Waals surface area contributed by atoms with Gasteiger partial charge >= 0.3 is 0 Å². The summed E-state index contributed by atoms with van der Waals surface area (Å²) in [6, 6.07) is 15.0. The zero-order valence-electron chi connectivity index (χ0n) is 15.5. The first kappa shape index (κ1) is 20.0. The van der Waals surface area contributed by atoms with Crippen LogP contribution in [0.2, 0.25) is 5.02 Å². The molecule has 0 aliphatic carbocycles. The second-order valence-electron chi connectivity index (χ2n) is 6.39. The molecule has 1 atom stereocenters. The van der Waals surface area contributed by atoms with Crippen molar-refractivity contribution in [3.8, 4) is 0 Å². The minimum atomic E-state index is -0.542. The van der Waals surface area contributed by atoms with Crippen LogP contribution in [0, 0.1) is 6.92 Å². The average Bonchev–Trinajstić information content (AvgIpc) is 2.65. The van der Waals surface area contributed by atoms with Crippen LogP contribution in [0.15, 0.2) is 48.5 Å². The van der Waals surface area contributed by atoms with Gasteiger partial charge in [-0.15, -0.1) is 0 Å². The van der Waals surface area contributed by atoms with E-state index in [1.54, 1.807) is 18.9 Å². The van der Waals surface area contributed by atoms with E-state index in [4.69, 9.17) is 11.6 Å². The Balaban J connectivity index is 2.13. The summed E-state index contributed by atoms with van der Waals surface area (Å²) < 4.78 is 0. The van der Waals surface area contributed by atoms with Gasteiger partial charge in [0, 0.05) is 25.0 Å². The molecule has 5 heteroatoms. The zero-order valence-corrected chi connectivity index (χ0v) is 16.2. The van der Waals surface area contributed by atoms with Crippen LogP contribution in [0.1, 0.15) is 30.0 Å². The first-order valence-corrected chi connectivity index (χ1v) is 9.10. The third-order valence-electron chi connectivity index (χ3n) is 4.45. The van der Waals surface area contributed by atoms with Crippen molar-refractivity contribution >= 4 is 23.4 Å². The molecule has 0 saturated carbocycles. The number of likely N-dealkylation sites (N-methyl/N-ethyl adjacent to an activating group) is 1. The number of carbonyl (C=O) groups excluding carboxylic acids is 2. The highest BCUT2D eigenvalue weighted by Gasteiger charge is 2.25. The minimum Gasteiger partial charge on any atom is -0.357 e. The van der Waals surface area contributed by atoms with Gasteiger partial charge in [0.1, 0.15) is 6.04 Å². The maximum Gasteiger partial charge on any atom is 0.242 e. The molecule has 0 radical (unpaired) electrons. The third-order valence-corrected chi connectivity index (χ3v) is 4.82. The maximum atomic E-state index is 12.9. The number of nitrogens with one attached hydrogen (secondary N) is 1. The minimum absolute atomic E-state index is 0.0680. The van der Waals surface area contributed by atoms with E-state index in [2.05, 4.69) is 5.32 Å². The van der Waals surface area contributed by atoms with E-state index in [1.165, 1.54) is 0 Å². The van der Waals surface area contributed by atoms with E-state index in [-0.39, 0.29) is 11.8 Å². The third kappa shape index (κ3) is 5.33. The van der Waals surface area contributed by atoms with Crippen molar-refractivity contribution in [2.45, 2.75) is 39.3 Å². The van der Waals surface area contributed by atoms with Crippen molar-refractivity contribution in [3.05, 3.63) is 70.2 Å². The molecule has 2 rings (SSSR count). The Morgan fingerprint density at radius 1 is 1.12 bits per heavy atom. The van der Waals surface area contributed by atoms with Crippen molar-refractivity contribution in [3.63, 3.8) is 0 Å². The van der Waals surface area contributed by atoms with Crippen LogP contribution in [0.5, 0.6) is 0 Å². The number of hydrogen-bond acceptors (Lipinski definition) is 2. The summed E-state index contributed by atoms with van der Waals surface area (Å²) in [5, 5.41) is 3.28. The highest BCUT2D eigenvalue weighted by atomic mass is 35.5. The predicted molar refractivity (Wildman–Crippen MR) is 105 cm³/mol. The molecule has 1 N–H and O–H groups in total. The lowest BCUT2D eigenvalue weighted by Gasteiger charge is -2.28. The summed E-state index contributed by atoms with van der Waals surface area (Å²) >= 11 is 6.18. The molecule has 0 saturated heterocycles. The predicted octanol–water partition coefficient (Wildman–Crippen LogP) is 3.74. The molecule has 2 amide bonds. The van der Waals surface area contributed by atoms with Gasteiger partial charge in [-0.2, -0.15) is 0 Å². The fourth-order valence-electron chi connectivity index (χ4n) is 2.77. The Kier molecular flexibility index (Phi) is 7.22. The number of nitrogens with zero attached hydrogens (tertiary/aromatic N) is 1. The van der Waals surface area contributed by atoms with Crippen LogP contribution in [0.3, 0.4) is 0 Å². The van der Waals surface area contributed by atoms with Gasteiger partial charge in [-0.1, -0.05) is 59.6 Å². The van der Waals surface area contributed by atoms with Crippen molar-refractivity contribution in [1.29, 1.82) is 0 Å². The van der Waals surface area contributed by atoms with E-state index in [0.29, 0.717) is 24.4 Å². The van der Waals surface area contributed by atoms with Gasteiger partial charge in [0.15, 0.2) is 0 Å². The molecule has 0 aliphatic rings. The molecular formula is C21H25ClN2O2. The van der Waals surface area contributed by atoms with Gasteiger partial charge in [0.2, 0.25) is 11.8 Å². The number of hydrogen-bond donors (Lipinski definition) is 1. The molecule has 138 valence electrons. The zero-order chi connectivity index (χ0) is 19.1. The van der Waals surface area contributed by atoms with E-state index in [1.807, 2.05) is 55.5 Å². The smallest absolute Gasteiger partial charge is 0.242 e. The van der Waals surface area contributed by atoms with Gasteiger partial charge in [-0.05, 0) is 37.5 Å². The van der Waals surface area contributed by atoms with Crippen LogP contribution in [-0.2, 0) is 22.6 Å². The summed E-state index contributed by atoms with van der Waals surface area (Å²) in [5.41, 5.74) is 3.09. The fraction of sp³-hybridized carbons (Fsp3) is 0.333. The number of aryl methyl sites for hydroxylation is 2. The number of amides is 2. The Morgan fingerprint density at radius 2 is 1.77 bits per heavy atom. The summed E-state index contributed by atoms with van der Waals surface area (Å²) in [5.74, 6) is -0.246. The first-order valence-electron chi connectivity index (χ1n) is 8.72. The second-order valence-corrected chi connectivity index (χ2v) is 6.80. The second kappa shape index (κ2) is 9.39. The van der Waals surface area contributed by atoms with Crippen LogP contribution in [-0.4, -0.2) is 29.8 Å². The quantitative estimate of drug-likeness (QED) is 0.804. The molecule has 4 nitrogen and oxygen atoms in total. The summed E-state index contributed by atoms with van der Waals surface area (Å²) in [6.45, 7) is 4.17.